The maximum atomic E-state index is 15.7. The lowest BCUT2D eigenvalue weighted by molar-refractivity contribution is -0.137. The number of nitrogens with two attached hydrogens (primary N) is 5. The molecule has 0 unspecified atom stereocenters. The summed E-state index contributed by atoms with van der Waals surface area (Å²) in [6.45, 7) is 7.47. The SMILES string of the molecule is CC(=O)NCCCC[C@H](NC(=O)[C@H](CCC(C)C)NC(=O)[C@H](Cc1ccc2ccccc2c1)NC(=O)[C@H](Cc1ccc(OCCN)cc1)NC(=O)[C@@H]1CSCC[C@H](NC(C)=O)C(=O)N[C@@H](CCC(N)=O)C(=O)N[C@@H]([C@@H](C)O)C(=O)N[C@@H](Cc2c[nH]c3ccccc23)C(=O)N[C@@H](CCC(N)=O)C(=O)N1)C(=O)N[C@@H](CC(N)=O)C(=O)NCCC(N)=O. The second-order valence-corrected chi connectivity index (χ2v) is 30.6. The number of rotatable bonds is 41. The van der Waals surface area contributed by atoms with Gasteiger partial charge in [0.15, 0.2) is 0 Å². The lowest BCUT2D eigenvalue weighted by Gasteiger charge is -2.29. The van der Waals surface area contributed by atoms with Crippen molar-refractivity contribution >= 4 is 134 Å². The Balaban J connectivity index is 1.45. The summed E-state index contributed by atoms with van der Waals surface area (Å²) < 4.78 is 5.73. The fourth-order valence-electron chi connectivity index (χ4n) is 12.8. The molecular formula is C80H111N19O19S. The van der Waals surface area contributed by atoms with Gasteiger partial charge in [-0.3, -0.25) is 81.5 Å². The maximum Gasteiger partial charge on any atom is 0.245 e. The largest absolute Gasteiger partial charge is 0.492 e. The number of benzene rings is 4. The Kier molecular flexibility index (Phi) is 38.9. The maximum absolute atomic E-state index is 15.7. The molecule has 0 saturated carbocycles. The van der Waals surface area contributed by atoms with E-state index < -0.39 is 205 Å². The number of thioether (sulfide) groups is 1. The van der Waals surface area contributed by atoms with E-state index in [1.54, 1.807) is 79.0 Å². The van der Waals surface area contributed by atoms with Crippen molar-refractivity contribution < 1.29 is 91.4 Å². The van der Waals surface area contributed by atoms with Gasteiger partial charge in [0.1, 0.15) is 78.8 Å². The van der Waals surface area contributed by atoms with Gasteiger partial charge >= 0.3 is 0 Å². The van der Waals surface area contributed by atoms with Gasteiger partial charge < -0.3 is 113 Å². The zero-order chi connectivity index (χ0) is 87.4. The molecule has 39 heteroatoms. The van der Waals surface area contributed by atoms with E-state index in [4.69, 9.17) is 33.4 Å². The molecule has 17 amide bonds. The second-order valence-electron chi connectivity index (χ2n) is 29.5. The molecule has 119 heavy (non-hydrogen) atoms. The van der Waals surface area contributed by atoms with Crippen LogP contribution in [-0.2, 0) is 101 Å². The minimum Gasteiger partial charge on any atom is -0.492 e. The van der Waals surface area contributed by atoms with Crippen LogP contribution < -0.4 is 103 Å². The number of aliphatic hydroxyl groups excluding tert-OH is 1. The molecule has 38 nitrogen and oxygen atoms in total. The summed E-state index contributed by atoms with van der Waals surface area (Å²) in [6, 6.07) is 7.71. The topological polar surface area (TPSA) is 622 Å². The van der Waals surface area contributed by atoms with Crippen molar-refractivity contribution in [1.29, 1.82) is 0 Å². The summed E-state index contributed by atoms with van der Waals surface area (Å²) in [5.41, 5.74) is 29.6. The first-order chi connectivity index (χ1) is 56.6. The van der Waals surface area contributed by atoms with Crippen LogP contribution in [0.2, 0.25) is 0 Å². The first-order valence-corrected chi connectivity index (χ1v) is 40.4. The molecule has 646 valence electrons. The zero-order valence-electron chi connectivity index (χ0n) is 67.2. The molecule has 0 aliphatic carbocycles. The van der Waals surface area contributed by atoms with Crippen molar-refractivity contribution in [3.05, 3.63) is 114 Å². The molecule has 4 aromatic carbocycles. The van der Waals surface area contributed by atoms with E-state index in [1.807, 2.05) is 32.0 Å². The van der Waals surface area contributed by atoms with Gasteiger partial charge in [-0.2, -0.15) is 11.8 Å². The Morgan fingerprint density at radius 3 is 1.71 bits per heavy atom. The van der Waals surface area contributed by atoms with Crippen LogP contribution >= 0.6 is 11.8 Å². The van der Waals surface area contributed by atoms with Crippen LogP contribution in [0.3, 0.4) is 0 Å². The predicted molar refractivity (Wildman–Crippen MR) is 439 cm³/mol. The highest BCUT2D eigenvalue weighted by molar-refractivity contribution is 7.99. The fourth-order valence-corrected chi connectivity index (χ4v) is 13.9. The van der Waals surface area contributed by atoms with Crippen LogP contribution in [0, 0.1) is 5.92 Å². The molecule has 1 saturated heterocycles. The number of carbonyl (C=O) groups is 17. The monoisotopic (exact) mass is 1670 g/mol. The van der Waals surface area contributed by atoms with Crippen molar-refractivity contribution in [1.82, 2.24) is 74.1 Å². The molecular weight excluding hydrogens is 1560 g/mol. The minimum absolute atomic E-state index is 0.0671. The number of hydrogen-bond donors (Lipinski definition) is 20. The Morgan fingerprint density at radius 2 is 1.09 bits per heavy atom. The van der Waals surface area contributed by atoms with Crippen molar-refractivity contribution in [3.63, 3.8) is 0 Å². The van der Waals surface area contributed by atoms with Crippen LogP contribution in [0.15, 0.2) is 97.2 Å². The molecule has 1 fully saturated rings. The third kappa shape index (κ3) is 33.0. The number of H-pyrrole nitrogens is 1. The Bertz CT molecular complexity index is 4410. The standard InChI is InChI=1S/C80H111N19O19S/c1-43(2)17-24-56(72(109)90-55(16-10-11-32-86-45(4)101)71(108)96-63(40-68(85)106)70(107)87-33-29-67(84)105)92-76(113)61(38-48-18-21-49-12-6-7-13-50(49)36-48)94-77(114)60(37-47-19-22-52(23-20-47)118-34-31-81)95-79(116)64-42-119-35-30-59(89-46(5)102)74(111)91-58(26-28-66(83)104)75(112)99-69(44(3)100)80(117)97-62(39-51-41-88-54-15-9-8-14-53(51)54)78(115)93-57(73(110)98-64)25-27-65(82)103/h6-9,12-15,18-23,36,41,43-44,55-64,69,88,100H,10-11,16-17,24-35,37-40,42,81H2,1-5H3,(H2,82,103)(H2,83,104)(H2,84,105)(H2,85,106)(H,86,101)(H,87,107)(H,89,102)(H,90,109)(H,91,111)(H,92,113)(H,93,115)(H,94,114)(H,95,116)(H,96,108)(H,97,117)(H,98,110)(H,99,112)/t44-,55+,56+,57+,58+,59+,60+,61+,62+,63+,64+,69+/m1/s1. The van der Waals surface area contributed by atoms with Crippen LogP contribution in [-0.4, -0.2) is 221 Å². The molecule has 1 aromatic heterocycles. The number of ether oxygens (including phenoxy) is 1. The van der Waals surface area contributed by atoms with Crippen molar-refractivity contribution in [2.24, 2.45) is 34.6 Å². The van der Waals surface area contributed by atoms with Gasteiger partial charge in [0.25, 0.3) is 0 Å². The average Bonchev–Trinajstić information content (AvgIpc) is 1.69. The van der Waals surface area contributed by atoms with Gasteiger partial charge in [0.2, 0.25) is 100 Å². The predicted octanol–water partition coefficient (Wildman–Crippen LogP) is -3.30. The minimum atomic E-state index is -1.88. The molecule has 0 spiro atoms. The van der Waals surface area contributed by atoms with Gasteiger partial charge in [0, 0.05) is 94.9 Å². The molecule has 6 rings (SSSR count). The molecule has 5 aromatic rings. The van der Waals surface area contributed by atoms with E-state index in [0.29, 0.717) is 46.2 Å². The van der Waals surface area contributed by atoms with E-state index >= 15 is 24.0 Å². The van der Waals surface area contributed by atoms with Crippen molar-refractivity contribution in [2.45, 2.75) is 203 Å². The van der Waals surface area contributed by atoms with Gasteiger partial charge in [0.05, 0.1) is 12.5 Å². The molecule has 1 aliphatic rings. The van der Waals surface area contributed by atoms with Gasteiger partial charge in [-0.15, -0.1) is 0 Å². The summed E-state index contributed by atoms with van der Waals surface area (Å²) >= 11 is 0.937. The Hall–Kier alpha value is -12.3. The molecule has 0 bridgehead atoms. The van der Waals surface area contributed by atoms with E-state index in [9.17, 15) is 62.6 Å². The first-order valence-electron chi connectivity index (χ1n) is 39.2. The number of para-hydroxylation sites is 1. The van der Waals surface area contributed by atoms with Crippen LogP contribution in [0.25, 0.3) is 21.7 Å². The van der Waals surface area contributed by atoms with Gasteiger partial charge in [-0.25, -0.2) is 0 Å². The number of aromatic nitrogens is 1. The highest BCUT2D eigenvalue weighted by Crippen LogP contribution is 2.23. The second kappa shape index (κ2) is 48.4. The number of carbonyl (C=O) groups excluding carboxylic acids is 17. The highest BCUT2D eigenvalue weighted by Gasteiger charge is 2.39. The summed E-state index contributed by atoms with van der Waals surface area (Å²) in [5, 5.41) is 47.1. The summed E-state index contributed by atoms with van der Waals surface area (Å²) in [6.07, 6.45) is -3.81. The van der Waals surface area contributed by atoms with Crippen molar-refractivity contribution in [3.8, 4) is 5.75 Å². The highest BCUT2D eigenvalue weighted by atomic mass is 32.2. The van der Waals surface area contributed by atoms with Crippen LogP contribution in [0.5, 0.6) is 5.75 Å². The number of aromatic amines is 1. The van der Waals surface area contributed by atoms with Crippen LogP contribution in [0.4, 0.5) is 0 Å². The fraction of sp³-hybridized carbons (Fsp3) is 0.487. The molecule has 1 aliphatic heterocycles. The van der Waals surface area contributed by atoms with E-state index in [-0.39, 0.29) is 95.2 Å². The molecule has 25 N–H and O–H groups in total. The molecule has 12 atom stereocenters. The van der Waals surface area contributed by atoms with E-state index in [1.165, 1.54) is 6.92 Å². The lowest BCUT2D eigenvalue weighted by atomic mass is 9.98. The van der Waals surface area contributed by atoms with Crippen molar-refractivity contribution in [2.75, 3.05) is 37.7 Å². The summed E-state index contributed by atoms with van der Waals surface area (Å²) in [7, 11) is 0. The molecule has 0 radical (unpaired) electrons. The quantitative estimate of drug-likeness (QED) is 0.0170. The average molecular weight is 1670 g/mol. The third-order valence-electron chi connectivity index (χ3n) is 19.2. The zero-order valence-corrected chi connectivity index (χ0v) is 68.0. The lowest BCUT2D eigenvalue weighted by Crippen LogP contribution is -2.62. The van der Waals surface area contributed by atoms with Gasteiger partial charge in [-0.1, -0.05) is 86.6 Å². The number of aliphatic hydroxyl groups is 1. The normalized spacial score (nSPS) is 18.5. The number of amides is 17. The van der Waals surface area contributed by atoms with E-state index in [2.05, 4.69) is 74.1 Å². The Labute approximate surface area is 691 Å². The van der Waals surface area contributed by atoms with Gasteiger partial charge in [-0.05, 0) is 116 Å². The third-order valence-corrected chi connectivity index (χ3v) is 20.2. The summed E-state index contributed by atoms with van der Waals surface area (Å²) in [4.78, 5) is 239. The number of nitrogens with one attached hydrogen (secondary N) is 14. The molecule has 2 heterocycles. The Morgan fingerprint density at radius 1 is 0.538 bits per heavy atom. The smallest absolute Gasteiger partial charge is 0.245 e. The van der Waals surface area contributed by atoms with Crippen LogP contribution in [0.1, 0.15) is 128 Å². The number of unbranched alkanes of at least 4 members (excludes halogenated alkanes) is 1. The summed E-state index contributed by atoms with van der Waals surface area (Å²) in [5.74, 6) is -16.1. The number of hydrogen-bond acceptors (Lipinski definition) is 21. The van der Waals surface area contributed by atoms with E-state index in [0.717, 1.165) is 36.4 Å². The first kappa shape index (κ1) is 95.6. The number of primary amides is 4. The number of fused-ring (bicyclic) bond motifs is 2.